The van der Waals surface area contributed by atoms with E-state index in [-0.39, 0.29) is 21.2 Å². The molecule has 0 radical (unpaired) electrons. The third kappa shape index (κ3) is 4.90. The Kier molecular flexibility index (Phi) is 6.48. The number of amides is 1. The molecule has 0 heterocycles. The first-order valence-electron chi connectivity index (χ1n) is 7.10. The Morgan fingerprint density at radius 2 is 1.92 bits per heavy atom. The second-order valence-corrected chi connectivity index (χ2v) is 5.78. The van der Waals surface area contributed by atoms with Gasteiger partial charge in [-0.25, -0.2) is 4.39 Å². The second-order valence-electron chi connectivity index (χ2n) is 4.97. The number of nitro benzene ring substituents is 1. The van der Waals surface area contributed by atoms with Crippen molar-refractivity contribution in [3.63, 3.8) is 0 Å². The summed E-state index contributed by atoms with van der Waals surface area (Å²) in [4.78, 5) is 33.7. The van der Waals surface area contributed by atoms with Gasteiger partial charge in [-0.15, -0.1) is 0 Å². The zero-order valence-corrected chi connectivity index (χ0v) is 14.5. The van der Waals surface area contributed by atoms with Crippen LogP contribution in [0.4, 0.5) is 10.1 Å². The van der Waals surface area contributed by atoms with Crippen LogP contribution in [0.5, 0.6) is 0 Å². The van der Waals surface area contributed by atoms with Crippen molar-refractivity contribution < 1.29 is 23.6 Å². The Hall–Kier alpha value is -2.71. The lowest BCUT2D eigenvalue weighted by Gasteiger charge is -2.08. The molecule has 0 atom stereocenters. The molecule has 1 N–H and O–H groups in total. The summed E-state index contributed by atoms with van der Waals surface area (Å²) >= 11 is 11.5. The Morgan fingerprint density at radius 1 is 1.19 bits per heavy atom. The van der Waals surface area contributed by atoms with E-state index < -0.39 is 41.5 Å². The first-order chi connectivity index (χ1) is 12.3. The minimum Gasteiger partial charge on any atom is -0.459 e. The second kappa shape index (κ2) is 8.59. The largest absolute Gasteiger partial charge is 0.459 e. The van der Waals surface area contributed by atoms with Crippen molar-refractivity contribution in [3.05, 3.63) is 73.5 Å². The number of nitro groups is 1. The number of nitrogens with zero attached hydrogens (tertiary/aromatic N) is 1. The van der Waals surface area contributed by atoms with E-state index in [9.17, 15) is 24.1 Å². The number of rotatable bonds is 6. The smallest absolute Gasteiger partial charge is 0.325 e. The Labute approximate surface area is 156 Å². The molecule has 0 bridgehead atoms. The van der Waals surface area contributed by atoms with Gasteiger partial charge in [-0.3, -0.25) is 19.7 Å². The number of carbonyl (C=O) groups excluding carboxylic acids is 2. The summed E-state index contributed by atoms with van der Waals surface area (Å²) in [5, 5.41) is 13.0. The fourth-order valence-electron chi connectivity index (χ4n) is 1.92. The number of benzene rings is 2. The van der Waals surface area contributed by atoms with E-state index >= 15 is 0 Å². The number of ether oxygens (including phenoxy) is 1. The third-order valence-corrected chi connectivity index (χ3v) is 3.91. The molecule has 0 aromatic heterocycles. The molecule has 0 unspecified atom stereocenters. The molecule has 0 saturated heterocycles. The maximum atomic E-state index is 13.6. The van der Waals surface area contributed by atoms with E-state index in [2.05, 4.69) is 5.32 Å². The van der Waals surface area contributed by atoms with Crippen molar-refractivity contribution in [1.29, 1.82) is 0 Å². The normalized spacial score (nSPS) is 10.3. The van der Waals surface area contributed by atoms with Crippen LogP contribution in [0.15, 0.2) is 36.4 Å². The van der Waals surface area contributed by atoms with Gasteiger partial charge in [0.1, 0.15) is 24.0 Å². The van der Waals surface area contributed by atoms with Gasteiger partial charge in [0.15, 0.2) is 0 Å². The quantitative estimate of drug-likeness (QED) is 0.454. The summed E-state index contributed by atoms with van der Waals surface area (Å²) in [6, 6.07) is 7.49. The van der Waals surface area contributed by atoms with Crippen LogP contribution in [-0.4, -0.2) is 23.3 Å². The number of hydrogen-bond donors (Lipinski definition) is 1. The molecule has 1 amide bonds. The van der Waals surface area contributed by atoms with Crippen LogP contribution in [0.3, 0.4) is 0 Å². The highest BCUT2D eigenvalue weighted by Crippen LogP contribution is 2.25. The maximum Gasteiger partial charge on any atom is 0.325 e. The first-order valence-corrected chi connectivity index (χ1v) is 7.86. The standard InChI is InChI=1S/C16H11Cl2FN2O5/c17-11-2-1-3-13(19)10(11)8-26-15(22)7-20-16(23)9-4-5-12(18)14(6-9)21(24)25/h1-6H,7-8H2,(H,20,23). The molecule has 2 rings (SSSR count). The summed E-state index contributed by atoms with van der Waals surface area (Å²) in [5.74, 6) is -2.19. The van der Waals surface area contributed by atoms with Crippen molar-refractivity contribution in [3.8, 4) is 0 Å². The molecule has 0 aliphatic rings. The summed E-state index contributed by atoms with van der Waals surface area (Å²) in [6.45, 7) is -0.909. The fraction of sp³-hybridized carbons (Fsp3) is 0.125. The van der Waals surface area contributed by atoms with E-state index in [1.54, 1.807) is 0 Å². The van der Waals surface area contributed by atoms with Crippen LogP contribution >= 0.6 is 23.2 Å². The molecule has 2 aromatic carbocycles. The Balaban J connectivity index is 1.92. The third-order valence-electron chi connectivity index (χ3n) is 3.24. The van der Waals surface area contributed by atoms with Gasteiger partial charge in [-0.2, -0.15) is 0 Å². The SMILES string of the molecule is O=C(CNC(=O)c1ccc(Cl)c([N+](=O)[O-])c1)OCc1c(F)cccc1Cl. The molecule has 136 valence electrons. The minimum atomic E-state index is -0.832. The highest BCUT2D eigenvalue weighted by atomic mass is 35.5. The number of hydrogen-bond acceptors (Lipinski definition) is 5. The van der Waals surface area contributed by atoms with E-state index in [1.807, 2.05) is 0 Å². The van der Waals surface area contributed by atoms with Gasteiger partial charge in [0.2, 0.25) is 0 Å². The zero-order valence-electron chi connectivity index (χ0n) is 13.0. The predicted molar refractivity (Wildman–Crippen MR) is 91.6 cm³/mol. The summed E-state index contributed by atoms with van der Waals surface area (Å²) in [6.07, 6.45) is 0. The van der Waals surface area contributed by atoms with Gasteiger partial charge in [0.05, 0.1) is 9.95 Å². The molecule has 7 nitrogen and oxygen atoms in total. The van der Waals surface area contributed by atoms with Gasteiger partial charge in [0, 0.05) is 17.2 Å². The van der Waals surface area contributed by atoms with Gasteiger partial charge < -0.3 is 10.1 Å². The number of nitrogens with one attached hydrogen (secondary N) is 1. The lowest BCUT2D eigenvalue weighted by atomic mass is 10.2. The van der Waals surface area contributed by atoms with Crippen molar-refractivity contribution in [2.45, 2.75) is 6.61 Å². The molecule has 0 aliphatic heterocycles. The summed E-state index contributed by atoms with van der Waals surface area (Å²) in [5.41, 5.74) is -0.468. The average Bonchev–Trinajstić information content (AvgIpc) is 2.59. The van der Waals surface area contributed by atoms with Crippen molar-refractivity contribution in [2.75, 3.05) is 6.54 Å². The topological polar surface area (TPSA) is 98.5 Å². The van der Waals surface area contributed by atoms with E-state index in [4.69, 9.17) is 27.9 Å². The van der Waals surface area contributed by atoms with Gasteiger partial charge in [0.25, 0.3) is 11.6 Å². The van der Waals surface area contributed by atoms with E-state index in [1.165, 1.54) is 30.3 Å². The Bertz CT molecular complexity index is 855. The monoisotopic (exact) mass is 400 g/mol. The Morgan fingerprint density at radius 3 is 2.58 bits per heavy atom. The lowest BCUT2D eigenvalue weighted by molar-refractivity contribution is -0.384. The van der Waals surface area contributed by atoms with Gasteiger partial charge in [-0.1, -0.05) is 29.3 Å². The fourth-order valence-corrected chi connectivity index (χ4v) is 2.33. The molecule has 0 spiro atoms. The highest BCUT2D eigenvalue weighted by Gasteiger charge is 2.17. The predicted octanol–water partition coefficient (Wildman–Crippen LogP) is 3.51. The van der Waals surface area contributed by atoms with E-state index in [0.29, 0.717) is 0 Å². The van der Waals surface area contributed by atoms with Crippen LogP contribution < -0.4 is 5.32 Å². The number of halogens is 3. The van der Waals surface area contributed by atoms with Crippen LogP contribution in [-0.2, 0) is 16.1 Å². The van der Waals surface area contributed by atoms with Crippen molar-refractivity contribution >= 4 is 40.8 Å². The average molecular weight is 401 g/mol. The highest BCUT2D eigenvalue weighted by molar-refractivity contribution is 6.32. The number of carbonyl (C=O) groups is 2. The van der Waals surface area contributed by atoms with E-state index in [0.717, 1.165) is 6.07 Å². The molecular formula is C16H11Cl2FN2O5. The van der Waals surface area contributed by atoms with Gasteiger partial charge in [-0.05, 0) is 24.3 Å². The zero-order chi connectivity index (χ0) is 19.3. The van der Waals surface area contributed by atoms with Gasteiger partial charge >= 0.3 is 5.97 Å². The van der Waals surface area contributed by atoms with Crippen LogP contribution in [0.25, 0.3) is 0 Å². The van der Waals surface area contributed by atoms with Crippen LogP contribution in [0.1, 0.15) is 15.9 Å². The van der Waals surface area contributed by atoms with Crippen LogP contribution in [0, 0.1) is 15.9 Å². The maximum absolute atomic E-state index is 13.6. The molecule has 0 fully saturated rings. The van der Waals surface area contributed by atoms with Crippen LogP contribution in [0.2, 0.25) is 10.0 Å². The molecule has 2 aromatic rings. The lowest BCUT2D eigenvalue weighted by Crippen LogP contribution is -2.30. The first kappa shape index (κ1) is 19.6. The summed E-state index contributed by atoms with van der Waals surface area (Å²) < 4.78 is 18.4. The summed E-state index contributed by atoms with van der Waals surface area (Å²) in [7, 11) is 0. The van der Waals surface area contributed by atoms with Crippen molar-refractivity contribution in [2.24, 2.45) is 0 Å². The molecule has 26 heavy (non-hydrogen) atoms. The molecular weight excluding hydrogens is 390 g/mol. The number of esters is 1. The van der Waals surface area contributed by atoms with Crippen molar-refractivity contribution in [1.82, 2.24) is 5.32 Å². The molecule has 0 aliphatic carbocycles. The molecule has 0 saturated carbocycles. The molecule has 10 heteroatoms. The minimum absolute atomic E-state index is 0.0159.